The minimum absolute atomic E-state index is 0.0185. The molecule has 1 unspecified atom stereocenters. The third-order valence-electron chi connectivity index (χ3n) is 4.92. The van der Waals surface area contributed by atoms with E-state index >= 15 is 0 Å². The highest BCUT2D eigenvalue weighted by molar-refractivity contribution is 7.15. The van der Waals surface area contributed by atoms with E-state index in [0.29, 0.717) is 24.8 Å². The van der Waals surface area contributed by atoms with Gasteiger partial charge in [0.25, 0.3) is 5.91 Å². The number of hydrogen-bond donors (Lipinski definition) is 1. The Morgan fingerprint density at radius 3 is 2.90 bits per heavy atom. The molecule has 4 rings (SSSR count). The van der Waals surface area contributed by atoms with Crippen molar-refractivity contribution < 1.29 is 9.53 Å². The van der Waals surface area contributed by atoms with Crippen molar-refractivity contribution >= 4 is 23.2 Å². The van der Waals surface area contributed by atoms with Gasteiger partial charge in [-0.25, -0.2) is 19.9 Å². The van der Waals surface area contributed by atoms with Crippen molar-refractivity contribution in [3.8, 4) is 10.6 Å². The lowest BCUT2D eigenvalue weighted by molar-refractivity contribution is 0.0934. The third kappa shape index (κ3) is 4.47. The quantitative estimate of drug-likeness (QED) is 0.650. The summed E-state index contributed by atoms with van der Waals surface area (Å²) in [5.74, 6) is 0.500. The van der Waals surface area contributed by atoms with Crippen LogP contribution in [0, 0.1) is 13.8 Å². The van der Waals surface area contributed by atoms with Gasteiger partial charge in [0.05, 0.1) is 33.6 Å². The summed E-state index contributed by atoms with van der Waals surface area (Å²) in [5, 5.41) is 4.10. The zero-order valence-electron chi connectivity index (χ0n) is 17.3. The number of nitrogens with one attached hydrogen (secondary N) is 1. The first kappa shape index (κ1) is 20.4. The molecule has 1 saturated heterocycles. The average Bonchev–Trinajstić information content (AvgIpc) is 3.34. The lowest BCUT2D eigenvalue weighted by Crippen LogP contribution is -2.37. The molecule has 0 aromatic carbocycles. The van der Waals surface area contributed by atoms with Crippen molar-refractivity contribution in [3.63, 3.8) is 0 Å². The maximum atomic E-state index is 12.6. The second kappa shape index (κ2) is 8.85. The third-order valence-corrected chi connectivity index (χ3v) is 6.01. The van der Waals surface area contributed by atoms with Crippen molar-refractivity contribution in [3.05, 3.63) is 52.6 Å². The van der Waals surface area contributed by atoms with Crippen LogP contribution in [0.4, 0.5) is 5.95 Å². The van der Waals surface area contributed by atoms with Crippen LogP contribution in [0.1, 0.15) is 33.3 Å². The monoisotopic (exact) mass is 424 g/mol. The Morgan fingerprint density at radius 1 is 1.27 bits per heavy atom. The van der Waals surface area contributed by atoms with E-state index in [1.165, 1.54) is 0 Å². The molecule has 1 aliphatic heterocycles. The Kier molecular flexibility index (Phi) is 6.01. The number of nitrogens with zero attached hydrogens (tertiary/aromatic N) is 5. The Labute approximate surface area is 179 Å². The van der Waals surface area contributed by atoms with Gasteiger partial charge < -0.3 is 15.0 Å². The fraction of sp³-hybridized carbons (Fsp3) is 0.381. The van der Waals surface area contributed by atoms with Gasteiger partial charge in [0.2, 0.25) is 5.95 Å². The van der Waals surface area contributed by atoms with Gasteiger partial charge in [-0.15, -0.1) is 11.3 Å². The molecule has 4 heterocycles. The molecular formula is C21H24N6O2S. The highest BCUT2D eigenvalue weighted by atomic mass is 32.1. The summed E-state index contributed by atoms with van der Waals surface area (Å²) in [6.07, 6.45) is 2.61. The first-order valence-electron chi connectivity index (χ1n) is 9.81. The van der Waals surface area contributed by atoms with Gasteiger partial charge in [0.1, 0.15) is 5.69 Å². The van der Waals surface area contributed by atoms with Gasteiger partial charge in [-0.2, -0.15) is 0 Å². The Bertz CT molecular complexity index is 1050. The van der Waals surface area contributed by atoms with Crippen LogP contribution in [0.25, 0.3) is 10.6 Å². The van der Waals surface area contributed by atoms with Crippen molar-refractivity contribution in [2.75, 3.05) is 25.1 Å². The molecule has 30 heavy (non-hydrogen) atoms. The lowest BCUT2D eigenvalue weighted by Gasteiger charge is -2.17. The van der Waals surface area contributed by atoms with Crippen LogP contribution in [0.2, 0.25) is 0 Å². The molecule has 1 fully saturated rings. The van der Waals surface area contributed by atoms with Crippen molar-refractivity contribution in [2.24, 2.45) is 0 Å². The Morgan fingerprint density at radius 2 is 2.13 bits per heavy atom. The van der Waals surface area contributed by atoms with Gasteiger partial charge in [-0.1, -0.05) is 6.07 Å². The van der Waals surface area contributed by atoms with E-state index in [4.69, 9.17) is 9.72 Å². The summed E-state index contributed by atoms with van der Waals surface area (Å²) < 4.78 is 5.09. The molecule has 0 bridgehead atoms. The number of pyridine rings is 1. The van der Waals surface area contributed by atoms with E-state index in [0.717, 1.165) is 39.9 Å². The van der Waals surface area contributed by atoms with Gasteiger partial charge in [0.15, 0.2) is 0 Å². The second-order valence-electron chi connectivity index (χ2n) is 7.24. The molecule has 1 aliphatic rings. The van der Waals surface area contributed by atoms with Gasteiger partial charge in [-0.3, -0.25) is 4.79 Å². The van der Waals surface area contributed by atoms with Crippen molar-refractivity contribution in [1.82, 2.24) is 25.3 Å². The number of hydrogen-bond acceptors (Lipinski definition) is 8. The van der Waals surface area contributed by atoms with E-state index in [1.807, 2.05) is 32.0 Å². The molecule has 8 nitrogen and oxygen atoms in total. The number of aromatic nitrogens is 4. The molecule has 0 radical (unpaired) electrons. The molecule has 1 atom stereocenters. The zero-order valence-corrected chi connectivity index (χ0v) is 18.1. The van der Waals surface area contributed by atoms with Gasteiger partial charge in [0, 0.05) is 32.4 Å². The highest BCUT2D eigenvalue weighted by Gasteiger charge is 2.26. The molecule has 0 saturated carbocycles. The van der Waals surface area contributed by atoms with Crippen LogP contribution >= 0.6 is 11.3 Å². The van der Waals surface area contributed by atoms with E-state index in [1.54, 1.807) is 30.7 Å². The van der Waals surface area contributed by atoms with Crippen LogP contribution in [0.3, 0.4) is 0 Å². The van der Waals surface area contributed by atoms with Crippen molar-refractivity contribution in [1.29, 1.82) is 0 Å². The number of anilines is 1. The zero-order chi connectivity index (χ0) is 21.1. The van der Waals surface area contributed by atoms with Crippen LogP contribution < -0.4 is 10.2 Å². The molecule has 156 valence electrons. The molecular weight excluding hydrogens is 400 g/mol. The van der Waals surface area contributed by atoms with Crippen LogP contribution in [0.5, 0.6) is 0 Å². The predicted octanol–water partition coefficient (Wildman–Crippen LogP) is 2.77. The Balaban J connectivity index is 1.42. The van der Waals surface area contributed by atoms with E-state index in [-0.39, 0.29) is 11.9 Å². The largest absolute Gasteiger partial charge is 0.378 e. The fourth-order valence-electron chi connectivity index (χ4n) is 3.55. The summed E-state index contributed by atoms with van der Waals surface area (Å²) in [5.41, 5.74) is 3.00. The number of thiazole rings is 1. The second-order valence-corrected chi connectivity index (χ2v) is 8.44. The number of rotatable bonds is 6. The lowest BCUT2D eigenvalue weighted by atomic mass is 10.2. The van der Waals surface area contributed by atoms with Crippen molar-refractivity contribution in [2.45, 2.75) is 32.9 Å². The molecule has 3 aromatic heterocycles. The molecule has 3 aromatic rings. The first-order valence-corrected chi connectivity index (χ1v) is 10.6. The Hall–Kier alpha value is -2.91. The van der Waals surface area contributed by atoms with Crippen LogP contribution in [-0.4, -0.2) is 52.1 Å². The van der Waals surface area contributed by atoms with E-state index < -0.39 is 0 Å². The summed E-state index contributed by atoms with van der Waals surface area (Å²) >= 11 is 1.64. The molecule has 9 heteroatoms. The number of carbonyl (C=O) groups excluding carboxylic acids is 1. The predicted molar refractivity (Wildman–Crippen MR) is 116 cm³/mol. The maximum Gasteiger partial charge on any atom is 0.270 e. The summed E-state index contributed by atoms with van der Waals surface area (Å²) in [6.45, 7) is 5.82. The maximum absolute atomic E-state index is 12.6. The SMILES string of the molecule is COCc1cccc(C(=O)NC2CCN(c3nccc(-c4sc(C)nc4C)n3)C2)n1. The number of ether oxygens (including phenoxy) is 1. The molecule has 1 amide bonds. The summed E-state index contributed by atoms with van der Waals surface area (Å²) in [4.78, 5) is 33.8. The summed E-state index contributed by atoms with van der Waals surface area (Å²) in [6, 6.07) is 7.31. The number of amides is 1. The topological polar surface area (TPSA) is 93.1 Å². The summed E-state index contributed by atoms with van der Waals surface area (Å²) in [7, 11) is 1.61. The highest BCUT2D eigenvalue weighted by Crippen LogP contribution is 2.29. The minimum Gasteiger partial charge on any atom is -0.378 e. The van der Waals surface area contributed by atoms with Gasteiger partial charge in [-0.05, 0) is 38.5 Å². The molecule has 0 spiro atoms. The minimum atomic E-state index is -0.176. The van der Waals surface area contributed by atoms with Crippen LogP contribution in [-0.2, 0) is 11.3 Å². The first-order chi connectivity index (χ1) is 14.5. The number of methoxy groups -OCH3 is 1. The van der Waals surface area contributed by atoms with E-state index in [9.17, 15) is 4.79 Å². The van der Waals surface area contributed by atoms with Crippen LogP contribution in [0.15, 0.2) is 30.5 Å². The standard InChI is InChI=1S/C21H24N6O2S/c1-13-19(30-14(2)23-13)17-7-9-22-21(26-17)27-10-8-15(11-27)25-20(28)18-6-4-5-16(24-18)12-29-3/h4-7,9,15H,8,10-12H2,1-3H3,(H,25,28). The normalized spacial score (nSPS) is 16.1. The average molecular weight is 425 g/mol. The number of aryl methyl sites for hydroxylation is 2. The fourth-order valence-corrected chi connectivity index (χ4v) is 4.44. The van der Waals surface area contributed by atoms with E-state index in [2.05, 4.69) is 25.2 Å². The molecule has 0 aliphatic carbocycles. The smallest absolute Gasteiger partial charge is 0.270 e. The van der Waals surface area contributed by atoms with Gasteiger partial charge >= 0.3 is 0 Å². The number of carbonyl (C=O) groups is 1. The molecule has 1 N–H and O–H groups in total.